The lowest BCUT2D eigenvalue weighted by Gasteiger charge is -2.14. The molecule has 0 spiro atoms. The highest BCUT2D eigenvalue weighted by atomic mass is 32.2. The minimum atomic E-state index is -3.52. The quantitative estimate of drug-likeness (QED) is 0.744. The van der Waals surface area contributed by atoms with Crippen LogP contribution in [0.1, 0.15) is 15.9 Å². The molecule has 1 aliphatic heterocycles. The first-order valence-electron chi connectivity index (χ1n) is 8.17. The Bertz CT molecular complexity index is 1020. The van der Waals surface area contributed by atoms with E-state index in [1.165, 1.54) is 17.0 Å². The summed E-state index contributed by atoms with van der Waals surface area (Å²) in [6, 6.07) is 13.0. The summed E-state index contributed by atoms with van der Waals surface area (Å²) in [6.07, 6.45) is 1.01. The van der Waals surface area contributed by atoms with Gasteiger partial charge in [-0.25, -0.2) is 8.42 Å². The minimum absolute atomic E-state index is 0.161. The summed E-state index contributed by atoms with van der Waals surface area (Å²) in [5.74, 6) is -0.531. The standard InChI is InChI=1S/C18H17N3O5S2/c1-28(25,26)20-15-5-3-2-4-14(15)17(23)19-13-8-6-12(7-9-13)10-21-16(22)11-27-18(21)24/h2-9,20H,10-11H2,1H3,(H,19,23). The average Bonchev–Trinajstić information content (AvgIpc) is 2.94. The number of para-hydroxylation sites is 1. The van der Waals surface area contributed by atoms with E-state index in [2.05, 4.69) is 10.0 Å². The molecule has 0 aromatic heterocycles. The fraction of sp³-hybridized carbons (Fsp3) is 0.167. The van der Waals surface area contributed by atoms with Crippen LogP contribution < -0.4 is 10.0 Å². The molecule has 8 nitrogen and oxygen atoms in total. The third-order valence-corrected chi connectivity index (χ3v) is 5.31. The minimum Gasteiger partial charge on any atom is -0.322 e. The Hall–Kier alpha value is -2.85. The largest absolute Gasteiger partial charge is 0.322 e. The van der Waals surface area contributed by atoms with E-state index < -0.39 is 15.9 Å². The highest BCUT2D eigenvalue weighted by Crippen LogP contribution is 2.22. The van der Waals surface area contributed by atoms with Crippen molar-refractivity contribution in [1.82, 2.24) is 4.90 Å². The molecule has 2 aromatic carbocycles. The van der Waals surface area contributed by atoms with Crippen molar-refractivity contribution >= 4 is 50.2 Å². The van der Waals surface area contributed by atoms with Gasteiger partial charge in [-0.05, 0) is 29.8 Å². The van der Waals surface area contributed by atoms with E-state index in [0.717, 1.165) is 23.6 Å². The number of nitrogens with zero attached hydrogens (tertiary/aromatic N) is 1. The molecule has 1 saturated heterocycles. The molecule has 28 heavy (non-hydrogen) atoms. The maximum absolute atomic E-state index is 12.5. The summed E-state index contributed by atoms with van der Waals surface area (Å²) in [4.78, 5) is 37.0. The third kappa shape index (κ3) is 4.90. The van der Waals surface area contributed by atoms with E-state index in [1.54, 1.807) is 36.4 Å². The normalized spacial score (nSPS) is 14.2. The van der Waals surface area contributed by atoms with E-state index in [1.807, 2.05) is 0 Å². The lowest BCUT2D eigenvalue weighted by Crippen LogP contribution is -2.27. The number of hydrogen-bond acceptors (Lipinski definition) is 6. The van der Waals surface area contributed by atoms with Crippen LogP contribution in [-0.4, -0.2) is 42.4 Å². The van der Waals surface area contributed by atoms with Gasteiger partial charge in [-0.1, -0.05) is 36.0 Å². The zero-order valence-corrected chi connectivity index (χ0v) is 16.5. The Balaban J connectivity index is 1.70. The molecule has 2 aromatic rings. The second-order valence-corrected chi connectivity index (χ2v) is 8.78. The first-order valence-corrected chi connectivity index (χ1v) is 11.0. The molecule has 1 heterocycles. The zero-order chi connectivity index (χ0) is 20.3. The van der Waals surface area contributed by atoms with Gasteiger partial charge >= 0.3 is 0 Å². The fourth-order valence-electron chi connectivity index (χ4n) is 2.58. The molecule has 0 unspecified atom stereocenters. The Morgan fingerprint density at radius 1 is 1.11 bits per heavy atom. The molecule has 0 saturated carbocycles. The molecule has 1 fully saturated rings. The van der Waals surface area contributed by atoms with E-state index in [9.17, 15) is 22.8 Å². The van der Waals surface area contributed by atoms with E-state index in [-0.39, 0.29) is 34.7 Å². The van der Waals surface area contributed by atoms with Gasteiger partial charge in [0, 0.05) is 5.69 Å². The molecule has 3 amide bonds. The maximum Gasteiger partial charge on any atom is 0.289 e. The van der Waals surface area contributed by atoms with Gasteiger partial charge in [-0.15, -0.1) is 0 Å². The molecule has 10 heteroatoms. The number of thioether (sulfide) groups is 1. The Morgan fingerprint density at radius 3 is 2.39 bits per heavy atom. The smallest absolute Gasteiger partial charge is 0.289 e. The number of benzene rings is 2. The number of nitrogens with one attached hydrogen (secondary N) is 2. The van der Waals surface area contributed by atoms with Gasteiger partial charge < -0.3 is 5.32 Å². The number of carbonyl (C=O) groups is 3. The predicted molar refractivity (Wildman–Crippen MR) is 108 cm³/mol. The van der Waals surface area contributed by atoms with Crippen LogP contribution in [0.3, 0.4) is 0 Å². The van der Waals surface area contributed by atoms with Crippen molar-refractivity contribution in [3.05, 3.63) is 59.7 Å². The Labute approximate surface area is 166 Å². The first kappa shape index (κ1) is 19.9. The molecule has 0 bridgehead atoms. The summed E-state index contributed by atoms with van der Waals surface area (Å²) in [5.41, 5.74) is 1.61. The molecule has 3 rings (SSSR count). The average molecular weight is 419 g/mol. The lowest BCUT2D eigenvalue weighted by molar-refractivity contribution is -0.125. The van der Waals surface area contributed by atoms with E-state index in [4.69, 9.17) is 0 Å². The highest BCUT2D eigenvalue weighted by molar-refractivity contribution is 8.14. The van der Waals surface area contributed by atoms with Crippen molar-refractivity contribution in [2.45, 2.75) is 6.54 Å². The molecule has 0 atom stereocenters. The van der Waals surface area contributed by atoms with Crippen LogP contribution >= 0.6 is 11.8 Å². The van der Waals surface area contributed by atoms with Crippen LogP contribution in [0.25, 0.3) is 0 Å². The van der Waals surface area contributed by atoms with Crippen LogP contribution in [0.15, 0.2) is 48.5 Å². The van der Waals surface area contributed by atoms with Crippen LogP contribution in [0.5, 0.6) is 0 Å². The molecular formula is C18H17N3O5S2. The van der Waals surface area contributed by atoms with Gasteiger partial charge in [0.1, 0.15) is 0 Å². The SMILES string of the molecule is CS(=O)(=O)Nc1ccccc1C(=O)Nc1ccc(CN2C(=O)CSC2=O)cc1. The van der Waals surface area contributed by atoms with Crippen LogP contribution in [-0.2, 0) is 21.4 Å². The number of amides is 3. The van der Waals surface area contributed by atoms with Crippen molar-refractivity contribution in [1.29, 1.82) is 0 Å². The van der Waals surface area contributed by atoms with Crippen LogP contribution in [0.2, 0.25) is 0 Å². The number of rotatable bonds is 6. The lowest BCUT2D eigenvalue weighted by atomic mass is 10.1. The topological polar surface area (TPSA) is 113 Å². The molecular weight excluding hydrogens is 402 g/mol. The number of hydrogen-bond donors (Lipinski definition) is 2. The predicted octanol–water partition coefficient (Wildman–Crippen LogP) is 2.51. The van der Waals surface area contributed by atoms with Crippen molar-refractivity contribution in [2.24, 2.45) is 0 Å². The molecule has 0 aliphatic carbocycles. The van der Waals surface area contributed by atoms with Gasteiger partial charge in [-0.3, -0.25) is 24.0 Å². The van der Waals surface area contributed by atoms with Crippen molar-refractivity contribution in [3.63, 3.8) is 0 Å². The number of imide groups is 1. The van der Waals surface area contributed by atoms with Gasteiger partial charge in [0.15, 0.2) is 0 Å². The van der Waals surface area contributed by atoms with Crippen molar-refractivity contribution in [2.75, 3.05) is 22.0 Å². The summed E-state index contributed by atoms with van der Waals surface area (Å²) in [7, 11) is -3.52. The summed E-state index contributed by atoms with van der Waals surface area (Å²) in [6.45, 7) is 0.181. The first-order chi connectivity index (χ1) is 13.2. The fourth-order valence-corrected chi connectivity index (χ4v) is 3.88. The van der Waals surface area contributed by atoms with Gasteiger partial charge in [0.05, 0.1) is 29.8 Å². The molecule has 2 N–H and O–H groups in total. The van der Waals surface area contributed by atoms with E-state index in [0.29, 0.717) is 5.69 Å². The van der Waals surface area contributed by atoms with Gasteiger partial charge in [0.2, 0.25) is 15.9 Å². The second kappa shape index (κ2) is 8.03. The van der Waals surface area contributed by atoms with Gasteiger partial charge in [0.25, 0.3) is 11.1 Å². The molecule has 1 aliphatic rings. The van der Waals surface area contributed by atoms with Crippen LogP contribution in [0, 0.1) is 0 Å². The highest BCUT2D eigenvalue weighted by Gasteiger charge is 2.29. The summed E-state index contributed by atoms with van der Waals surface area (Å²) >= 11 is 0.979. The number of sulfonamides is 1. The third-order valence-electron chi connectivity index (χ3n) is 3.86. The summed E-state index contributed by atoms with van der Waals surface area (Å²) in [5, 5.41) is 2.43. The molecule has 0 radical (unpaired) electrons. The van der Waals surface area contributed by atoms with Crippen molar-refractivity contribution < 1.29 is 22.8 Å². The Kier molecular flexibility index (Phi) is 5.71. The zero-order valence-electron chi connectivity index (χ0n) is 14.8. The maximum atomic E-state index is 12.5. The monoisotopic (exact) mass is 419 g/mol. The van der Waals surface area contributed by atoms with Gasteiger partial charge in [-0.2, -0.15) is 0 Å². The number of anilines is 2. The molecule has 146 valence electrons. The Morgan fingerprint density at radius 2 is 1.79 bits per heavy atom. The van der Waals surface area contributed by atoms with E-state index >= 15 is 0 Å². The van der Waals surface area contributed by atoms with Crippen molar-refractivity contribution in [3.8, 4) is 0 Å². The van der Waals surface area contributed by atoms with Crippen LogP contribution in [0.4, 0.5) is 16.2 Å². The number of carbonyl (C=O) groups excluding carboxylic acids is 3. The second-order valence-electron chi connectivity index (χ2n) is 6.11. The summed E-state index contributed by atoms with van der Waals surface area (Å²) < 4.78 is 25.2.